The minimum atomic E-state index is -1.51. The van der Waals surface area contributed by atoms with Crippen LogP contribution in [0.3, 0.4) is 0 Å². The van der Waals surface area contributed by atoms with Crippen LogP contribution in [0.2, 0.25) is 0 Å². The molecule has 0 aliphatic carbocycles. The highest BCUT2D eigenvalue weighted by molar-refractivity contribution is 5.71. The van der Waals surface area contributed by atoms with Crippen molar-refractivity contribution in [3.05, 3.63) is 48.6 Å². The predicted octanol–water partition coefficient (Wildman–Crippen LogP) is 19.0. The van der Waals surface area contributed by atoms with E-state index in [1.165, 1.54) is 205 Å². The van der Waals surface area contributed by atoms with Gasteiger partial charge in [-0.15, -0.1) is 0 Å². The summed E-state index contributed by atoms with van der Waals surface area (Å²) in [4.78, 5) is 37.4. The highest BCUT2D eigenvalue weighted by atomic mass is 16.7. The summed E-state index contributed by atoms with van der Waals surface area (Å²) in [6.45, 7) is 4.80. The standard InChI is InChI=1S/C66H121NO8/c1-6-8-10-12-14-16-18-20-21-22-23-24-25-26-27-28-29-30-31-32-33-34-35-36-37-38-39-40-41-42-43-45-47-49-51-53-55-57-64(69)75-62(61-74-66(65(70)71)72-59-58-67(3,4)5)60-73-63(68)56-54-52-50-48-46-44-19-17-15-13-11-9-7-2/h8,10,14,16,20-21,23-24,62,66H,6-7,9,11-13,15,17-19,22,25-61H2,1-5H3/p+1/b10-8-,16-14-,21-20-,24-23-. The lowest BCUT2D eigenvalue weighted by Gasteiger charge is -2.25. The Balaban J connectivity index is 3.96. The number of esters is 2. The number of carbonyl (C=O) groups excluding carboxylic acids is 2. The summed E-state index contributed by atoms with van der Waals surface area (Å²) in [7, 11) is 5.98. The number of nitrogens with zero attached hydrogens (tertiary/aromatic N) is 1. The fraction of sp³-hybridized carbons (Fsp3) is 0.833. The minimum absolute atomic E-state index is 0.176. The zero-order chi connectivity index (χ0) is 54.8. The molecule has 0 radical (unpaired) electrons. The Morgan fingerprint density at radius 3 is 1.13 bits per heavy atom. The number of allylic oxidation sites excluding steroid dienone is 8. The first-order chi connectivity index (χ1) is 36.6. The van der Waals surface area contributed by atoms with Gasteiger partial charge in [0, 0.05) is 12.8 Å². The maximum atomic E-state index is 12.9. The van der Waals surface area contributed by atoms with Crippen LogP contribution in [0, 0.1) is 0 Å². The SMILES string of the molecule is CC/C=C\C/C=C\C/C=C\C/C=C\CCCCCCCCCCCCCCCCCCCCCCCCCCC(=O)OC(COC(=O)CCCCCCCCCCCCCCC)COC(OCC[N+](C)(C)C)C(=O)O. The average molecular weight is 1060 g/mol. The van der Waals surface area contributed by atoms with Crippen LogP contribution in [0.25, 0.3) is 0 Å². The van der Waals surface area contributed by atoms with Crippen molar-refractivity contribution in [2.24, 2.45) is 0 Å². The van der Waals surface area contributed by atoms with E-state index in [0.717, 1.165) is 64.2 Å². The predicted molar refractivity (Wildman–Crippen MR) is 318 cm³/mol. The Hall–Kier alpha value is -2.75. The zero-order valence-corrected chi connectivity index (χ0v) is 50.0. The summed E-state index contributed by atoms with van der Waals surface area (Å²) in [6.07, 6.45) is 69.4. The summed E-state index contributed by atoms with van der Waals surface area (Å²) >= 11 is 0. The van der Waals surface area contributed by atoms with Gasteiger partial charge in [-0.2, -0.15) is 0 Å². The van der Waals surface area contributed by atoms with Crippen LogP contribution in [0.15, 0.2) is 48.6 Å². The fourth-order valence-electron chi connectivity index (χ4n) is 9.24. The molecular formula is C66H122NO8+. The van der Waals surface area contributed by atoms with Crippen molar-refractivity contribution >= 4 is 17.9 Å². The third kappa shape index (κ3) is 58.8. The first-order valence-corrected chi connectivity index (χ1v) is 31.8. The van der Waals surface area contributed by atoms with Gasteiger partial charge in [-0.25, -0.2) is 4.79 Å². The van der Waals surface area contributed by atoms with Crippen LogP contribution in [0.5, 0.6) is 0 Å². The molecule has 438 valence electrons. The van der Waals surface area contributed by atoms with Crippen LogP contribution in [0.4, 0.5) is 0 Å². The number of carboxylic acid groups (broad SMARTS) is 1. The summed E-state index contributed by atoms with van der Waals surface area (Å²) in [5.41, 5.74) is 0. The van der Waals surface area contributed by atoms with E-state index in [1.807, 2.05) is 21.1 Å². The molecule has 75 heavy (non-hydrogen) atoms. The van der Waals surface area contributed by atoms with E-state index in [2.05, 4.69) is 62.5 Å². The maximum Gasteiger partial charge on any atom is 0.361 e. The van der Waals surface area contributed by atoms with Gasteiger partial charge in [-0.05, 0) is 51.4 Å². The van der Waals surface area contributed by atoms with Crippen LogP contribution >= 0.6 is 0 Å². The highest BCUT2D eigenvalue weighted by Gasteiger charge is 2.25. The maximum absolute atomic E-state index is 12.9. The molecule has 1 N–H and O–H groups in total. The topological polar surface area (TPSA) is 108 Å². The monoisotopic (exact) mass is 1060 g/mol. The van der Waals surface area contributed by atoms with Crippen LogP contribution in [0.1, 0.15) is 296 Å². The number of carboxylic acids is 1. The molecule has 0 aromatic heterocycles. The molecule has 0 rings (SSSR count). The van der Waals surface area contributed by atoms with Crippen LogP contribution in [-0.2, 0) is 33.3 Å². The number of quaternary nitrogens is 1. The Morgan fingerprint density at radius 2 is 0.760 bits per heavy atom. The summed E-state index contributed by atoms with van der Waals surface area (Å²) in [5.74, 6) is -1.98. The van der Waals surface area contributed by atoms with Crippen molar-refractivity contribution in [3.8, 4) is 0 Å². The molecule has 0 fully saturated rings. The van der Waals surface area contributed by atoms with E-state index in [4.69, 9.17) is 18.9 Å². The molecule has 9 heteroatoms. The number of hydrogen-bond acceptors (Lipinski definition) is 7. The van der Waals surface area contributed by atoms with E-state index in [1.54, 1.807) is 0 Å². The normalized spacial score (nSPS) is 13.0. The van der Waals surface area contributed by atoms with Gasteiger partial charge >= 0.3 is 17.9 Å². The molecule has 9 nitrogen and oxygen atoms in total. The quantitative estimate of drug-likeness (QED) is 0.0211. The Labute approximate surface area is 463 Å². The molecule has 0 spiro atoms. The Bertz CT molecular complexity index is 1370. The van der Waals surface area contributed by atoms with Crippen LogP contribution in [-0.4, -0.2) is 87.4 Å². The van der Waals surface area contributed by atoms with Gasteiger partial charge in [0.05, 0.1) is 34.4 Å². The lowest BCUT2D eigenvalue weighted by atomic mass is 10.0. The molecular weight excluding hydrogens is 935 g/mol. The molecule has 0 aliphatic heterocycles. The molecule has 0 bridgehead atoms. The summed E-state index contributed by atoms with van der Waals surface area (Å²) in [5, 5.41) is 9.70. The number of ether oxygens (including phenoxy) is 4. The molecule has 0 heterocycles. The van der Waals surface area contributed by atoms with Gasteiger partial charge in [0.15, 0.2) is 6.10 Å². The molecule has 2 unspecified atom stereocenters. The van der Waals surface area contributed by atoms with Crippen molar-refractivity contribution < 1.29 is 42.9 Å². The van der Waals surface area contributed by atoms with E-state index in [0.29, 0.717) is 17.4 Å². The second-order valence-electron chi connectivity index (χ2n) is 22.7. The molecule has 0 amide bonds. The van der Waals surface area contributed by atoms with E-state index < -0.39 is 18.4 Å². The molecule has 0 saturated carbocycles. The van der Waals surface area contributed by atoms with E-state index in [-0.39, 0.29) is 38.2 Å². The molecule has 0 aromatic rings. The third-order valence-corrected chi connectivity index (χ3v) is 14.1. The van der Waals surface area contributed by atoms with Crippen LogP contribution < -0.4 is 0 Å². The summed E-state index contributed by atoms with van der Waals surface area (Å²) in [6, 6.07) is 0. The largest absolute Gasteiger partial charge is 0.477 e. The van der Waals surface area contributed by atoms with Crippen molar-refractivity contribution in [2.75, 3.05) is 47.5 Å². The smallest absolute Gasteiger partial charge is 0.361 e. The first kappa shape index (κ1) is 72.2. The zero-order valence-electron chi connectivity index (χ0n) is 50.0. The van der Waals surface area contributed by atoms with Crippen molar-refractivity contribution in [1.29, 1.82) is 0 Å². The Kier molecular flexibility index (Phi) is 55.3. The number of unbranched alkanes of at least 4 members (excludes halogenated alkanes) is 36. The fourth-order valence-corrected chi connectivity index (χ4v) is 9.24. The molecule has 0 aliphatic rings. The first-order valence-electron chi connectivity index (χ1n) is 31.8. The molecule has 0 aromatic carbocycles. The summed E-state index contributed by atoms with van der Waals surface area (Å²) < 4.78 is 22.9. The lowest BCUT2D eigenvalue weighted by Crippen LogP contribution is -2.40. The second kappa shape index (κ2) is 57.4. The van der Waals surface area contributed by atoms with Gasteiger partial charge in [0.2, 0.25) is 0 Å². The van der Waals surface area contributed by atoms with Crippen molar-refractivity contribution in [2.45, 2.75) is 309 Å². The average Bonchev–Trinajstić information content (AvgIpc) is 3.38. The van der Waals surface area contributed by atoms with Gasteiger partial charge in [-0.3, -0.25) is 9.59 Å². The van der Waals surface area contributed by atoms with E-state index >= 15 is 0 Å². The third-order valence-electron chi connectivity index (χ3n) is 14.1. The van der Waals surface area contributed by atoms with Gasteiger partial charge in [0.25, 0.3) is 6.29 Å². The van der Waals surface area contributed by atoms with E-state index in [9.17, 15) is 19.5 Å². The number of aliphatic carboxylic acids is 1. The number of rotatable bonds is 59. The highest BCUT2D eigenvalue weighted by Crippen LogP contribution is 2.18. The number of carbonyl (C=O) groups is 3. The van der Waals surface area contributed by atoms with Crippen molar-refractivity contribution in [1.82, 2.24) is 0 Å². The Morgan fingerprint density at radius 1 is 0.413 bits per heavy atom. The number of hydrogen-bond donors (Lipinski definition) is 1. The second-order valence-corrected chi connectivity index (χ2v) is 22.7. The van der Waals surface area contributed by atoms with Gasteiger partial charge in [-0.1, -0.05) is 281 Å². The molecule has 2 atom stereocenters. The van der Waals surface area contributed by atoms with Gasteiger partial charge < -0.3 is 28.5 Å². The molecule has 0 saturated heterocycles. The van der Waals surface area contributed by atoms with Gasteiger partial charge in [0.1, 0.15) is 13.2 Å². The van der Waals surface area contributed by atoms with Crippen molar-refractivity contribution in [3.63, 3.8) is 0 Å². The number of likely N-dealkylation sites (N-methyl/N-ethyl adjacent to an activating group) is 1. The minimum Gasteiger partial charge on any atom is -0.477 e. The lowest BCUT2D eigenvalue weighted by molar-refractivity contribution is -0.870.